The summed E-state index contributed by atoms with van der Waals surface area (Å²) in [7, 11) is 0. The van der Waals surface area contributed by atoms with Gasteiger partial charge in [-0.15, -0.1) is 0 Å². The van der Waals surface area contributed by atoms with Gasteiger partial charge in [-0.1, -0.05) is 40.5 Å². The third kappa shape index (κ3) is 5.07. The highest BCUT2D eigenvalue weighted by molar-refractivity contribution is 4.96. The molecule has 1 saturated carbocycles. The molecule has 1 atom stereocenters. The molecule has 1 spiro atoms. The molecule has 1 aliphatic carbocycles. The van der Waals surface area contributed by atoms with Gasteiger partial charge in [0.2, 0.25) is 0 Å². The maximum Gasteiger partial charge on any atom is 0.00965 e. The molecule has 0 amide bonds. The molecular formula is C17H40N2. The van der Waals surface area contributed by atoms with E-state index < -0.39 is 0 Å². The summed E-state index contributed by atoms with van der Waals surface area (Å²) in [6, 6.07) is 1.20. The maximum atomic E-state index is 6.35. The highest BCUT2D eigenvalue weighted by Crippen LogP contribution is 2.43. The number of hydrogen-bond donors (Lipinski definition) is 1. The van der Waals surface area contributed by atoms with Crippen LogP contribution in [0.1, 0.15) is 81.5 Å². The standard InChI is InChI=1S/C13H26N2.2C2H6.H2/c1-11(2)15-9-7-13(8-10-15)6-4-3-5-12(13)14;2*1-2;/h11-12H,3-10,14H2,1-2H3;2*1-2H3;1H/i;;;1+1. The van der Waals surface area contributed by atoms with Gasteiger partial charge in [-0.2, -0.15) is 0 Å². The van der Waals surface area contributed by atoms with Crippen molar-refractivity contribution in [2.75, 3.05) is 13.1 Å². The molecule has 0 radical (unpaired) electrons. The molecule has 1 unspecified atom stereocenters. The van der Waals surface area contributed by atoms with Gasteiger partial charge in [-0.3, -0.25) is 0 Å². The topological polar surface area (TPSA) is 29.3 Å². The van der Waals surface area contributed by atoms with E-state index in [2.05, 4.69) is 18.7 Å². The monoisotopic (exact) mass is 273 g/mol. The number of nitrogens with two attached hydrogens (primary N) is 1. The van der Waals surface area contributed by atoms with Gasteiger partial charge in [0.15, 0.2) is 0 Å². The van der Waals surface area contributed by atoms with Crippen molar-refractivity contribution < 1.29 is 1.43 Å². The SMILES string of the molecule is CC.CC.CC(C)N1CCC2(CCCCC2N)CC1.[2HH]. The average Bonchev–Trinajstić information content (AvgIpc) is 2.47. The molecule has 1 saturated heterocycles. The summed E-state index contributed by atoms with van der Waals surface area (Å²) in [6.07, 6.45) is 8.10. The van der Waals surface area contributed by atoms with Crippen molar-refractivity contribution in [1.29, 1.82) is 0 Å². The highest BCUT2D eigenvalue weighted by atomic mass is 15.2. The normalized spacial score (nSPS) is 26.2. The van der Waals surface area contributed by atoms with E-state index in [1.165, 1.54) is 51.6 Å². The van der Waals surface area contributed by atoms with Crippen LogP contribution in [-0.4, -0.2) is 30.1 Å². The molecule has 2 nitrogen and oxygen atoms in total. The Morgan fingerprint density at radius 3 is 1.95 bits per heavy atom. The van der Waals surface area contributed by atoms with E-state index >= 15 is 0 Å². The van der Waals surface area contributed by atoms with Gasteiger partial charge < -0.3 is 10.6 Å². The Morgan fingerprint density at radius 2 is 1.53 bits per heavy atom. The Labute approximate surface area is 123 Å². The number of nitrogens with zero attached hydrogens (tertiary/aromatic N) is 1. The number of piperidine rings is 1. The predicted molar refractivity (Wildman–Crippen MR) is 89.6 cm³/mol. The van der Waals surface area contributed by atoms with E-state index in [9.17, 15) is 0 Å². The Kier molecular flexibility index (Phi) is 9.72. The van der Waals surface area contributed by atoms with Crippen LogP contribution in [-0.2, 0) is 0 Å². The lowest BCUT2D eigenvalue weighted by molar-refractivity contribution is 0.0367. The lowest BCUT2D eigenvalue weighted by Crippen LogP contribution is -2.52. The summed E-state index contributed by atoms with van der Waals surface area (Å²) in [5, 5.41) is 0. The third-order valence-electron chi connectivity index (χ3n) is 4.75. The first-order chi connectivity index (χ1) is 9.14. The minimum atomic E-state index is 0. The van der Waals surface area contributed by atoms with E-state index in [4.69, 9.17) is 5.73 Å². The van der Waals surface area contributed by atoms with Crippen molar-refractivity contribution in [3.05, 3.63) is 0 Å². The van der Waals surface area contributed by atoms with Crippen LogP contribution in [0.4, 0.5) is 0 Å². The molecule has 2 heteroatoms. The fourth-order valence-electron chi connectivity index (χ4n) is 3.44. The molecule has 2 fully saturated rings. The van der Waals surface area contributed by atoms with E-state index in [0.29, 0.717) is 17.5 Å². The fourth-order valence-corrected chi connectivity index (χ4v) is 3.44. The average molecular weight is 274 g/mol. The first-order valence-corrected chi connectivity index (χ1v) is 8.64. The molecular weight excluding hydrogens is 232 g/mol. The van der Waals surface area contributed by atoms with Gasteiger partial charge in [0, 0.05) is 13.5 Å². The Bertz CT molecular complexity index is 211. The van der Waals surface area contributed by atoms with Gasteiger partial charge in [-0.25, -0.2) is 0 Å². The molecule has 1 heterocycles. The van der Waals surface area contributed by atoms with Crippen LogP contribution < -0.4 is 5.73 Å². The van der Waals surface area contributed by atoms with Crippen molar-refractivity contribution in [2.45, 2.75) is 92.2 Å². The second-order valence-electron chi connectivity index (χ2n) is 5.84. The Balaban J connectivity index is 0. The lowest BCUT2D eigenvalue weighted by Gasteiger charge is -2.48. The van der Waals surface area contributed by atoms with Gasteiger partial charge in [-0.05, 0) is 58.0 Å². The van der Waals surface area contributed by atoms with Crippen LogP contribution in [0.25, 0.3) is 0 Å². The second kappa shape index (κ2) is 9.77. The van der Waals surface area contributed by atoms with Gasteiger partial charge in [0.1, 0.15) is 0 Å². The highest BCUT2D eigenvalue weighted by Gasteiger charge is 2.41. The third-order valence-corrected chi connectivity index (χ3v) is 4.75. The van der Waals surface area contributed by atoms with Crippen molar-refractivity contribution in [2.24, 2.45) is 11.1 Å². The Hall–Kier alpha value is -0.0800. The zero-order valence-corrected chi connectivity index (χ0v) is 14.3. The van der Waals surface area contributed by atoms with Crippen molar-refractivity contribution in [3.8, 4) is 0 Å². The Morgan fingerprint density at radius 1 is 1.00 bits per heavy atom. The molecule has 118 valence electrons. The van der Waals surface area contributed by atoms with E-state index in [0.717, 1.165) is 0 Å². The quantitative estimate of drug-likeness (QED) is 0.752. The zero-order chi connectivity index (χ0) is 14.9. The fraction of sp³-hybridized carbons (Fsp3) is 1.00. The van der Waals surface area contributed by atoms with Gasteiger partial charge >= 0.3 is 0 Å². The van der Waals surface area contributed by atoms with Crippen molar-refractivity contribution in [1.82, 2.24) is 4.90 Å². The molecule has 0 aromatic carbocycles. The molecule has 0 aromatic heterocycles. The number of rotatable bonds is 1. The minimum absolute atomic E-state index is 0. The molecule has 1 aliphatic heterocycles. The molecule has 0 bridgehead atoms. The summed E-state index contributed by atoms with van der Waals surface area (Å²) in [6.45, 7) is 15.1. The molecule has 2 rings (SSSR count). The summed E-state index contributed by atoms with van der Waals surface area (Å²) >= 11 is 0. The van der Waals surface area contributed by atoms with Crippen molar-refractivity contribution in [3.63, 3.8) is 0 Å². The largest absolute Gasteiger partial charge is 0.327 e. The summed E-state index contributed by atoms with van der Waals surface area (Å²) in [5.74, 6) is 0. The number of hydrogen-bond acceptors (Lipinski definition) is 2. The van der Waals surface area contributed by atoms with Crippen LogP contribution in [0.3, 0.4) is 0 Å². The first kappa shape index (κ1) is 18.9. The van der Waals surface area contributed by atoms with Crippen LogP contribution in [0, 0.1) is 5.41 Å². The molecule has 2 aliphatic rings. The van der Waals surface area contributed by atoms with Crippen LogP contribution >= 0.6 is 0 Å². The summed E-state index contributed by atoms with van der Waals surface area (Å²) in [4.78, 5) is 2.60. The van der Waals surface area contributed by atoms with Crippen molar-refractivity contribution >= 4 is 0 Å². The summed E-state index contributed by atoms with van der Waals surface area (Å²) < 4.78 is 0. The van der Waals surface area contributed by atoms with Gasteiger partial charge in [0.25, 0.3) is 0 Å². The molecule has 2 N–H and O–H groups in total. The second-order valence-corrected chi connectivity index (χ2v) is 5.84. The van der Waals surface area contributed by atoms with E-state index in [1.807, 2.05) is 27.7 Å². The summed E-state index contributed by atoms with van der Waals surface area (Å²) in [5.41, 5.74) is 6.86. The zero-order valence-electron chi connectivity index (χ0n) is 14.3. The van der Waals surface area contributed by atoms with Crippen LogP contribution in [0.15, 0.2) is 0 Å². The molecule has 19 heavy (non-hydrogen) atoms. The number of likely N-dealkylation sites (tertiary alicyclic amines) is 1. The smallest absolute Gasteiger partial charge is 0.00965 e. The minimum Gasteiger partial charge on any atom is -0.327 e. The first-order valence-electron chi connectivity index (χ1n) is 8.64. The molecule has 0 aromatic rings. The predicted octanol–water partition coefficient (Wildman–Crippen LogP) is 4.68. The lowest BCUT2D eigenvalue weighted by atomic mass is 9.65. The van der Waals surface area contributed by atoms with E-state index in [-0.39, 0.29) is 1.43 Å². The maximum absolute atomic E-state index is 6.35. The van der Waals surface area contributed by atoms with Crippen LogP contribution in [0.5, 0.6) is 0 Å². The van der Waals surface area contributed by atoms with E-state index in [1.54, 1.807) is 0 Å². The van der Waals surface area contributed by atoms with Gasteiger partial charge in [0.05, 0.1) is 0 Å². The van der Waals surface area contributed by atoms with Crippen LogP contribution in [0.2, 0.25) is 0 Å².